The summed E-state index contributed by atoms with van der Waals surface area (Å²) in [5, 5.41) is 0. The van der Waals surface area contributed by atoms with Crippen LogP contribution < -0.4 is 14.2 Å². The van der Waals surface area contributed by atoms with Gasteiger partial charge in [-0.1, -0.05) is 6.07 Å². The van der Waals surface area contributed by atoms with Crippen molar-refractivity contribution in [2.45, 2.75) is 18.9 Å². The molecule has 7 nitrogen and oxygen atoms in total. The van der Waals surface area contributed by atoms with E-state index in [-0.39, 0.29) is 12.0 Å². The van der Waals surface area contributed by atoms with E-state index in [2.05, 4.69) is 9.97 Å². The summed E-state index contributed by atoms with van der Waals surface area (Å²) in [4.78, 5) is 22.3. The van der Waals surface area contributed by atoms with Crippen molar-refractivity contribution in [3.05, 3.63) is 42.4 Å². The van der Waals surface area contributed by atoms with E-state index in [1.807, 2.05) is 23.1 Å². The molecule has 7 heteroatoms. The highest BCUT2D eigenvalue weighted by atomic mass is 16.5. The summed E-state index contributed by atoms with van der Waals surface area (Å²) in [6, 6.07) is 7.24. The molecule has 1 atom stereocenters. The minimum absolute atomic E-state index is 0.0377. The zero-order chi connectivity index (χ0) is 17.6. The minimum Gasteiger partial charge on any atom is -0.493 e. The number of nitrogens with zero attached hydrogens (tertiary/aromatic N) is 3. The second-order valence-electron chi connectivity index (χ2n) is 5.78. The second-order valence-corrected chi connectivity index (χ2v) is 5.78. The lowest BCUT2D eigenvalue weighted by Gasteiger charge is -2.17. The highest BCUT2D eigenvalue weighted by Crippen LogP contribution is 2.28. The Balaban J connectivity index is 1.57. The minimum atomic E-state index is -0.0377. The Kier molecular flexibility index (Phi) is 5.33. The molecule has 0 radical (unpaired) electrons. The van der Waals surface area contributed by atoms with E-state index in [1.54, 1.807) is 26.5 Å². The molecule has 3 rings (SSSR count). The SMILES string of the molecule is COc1ccc(CC(=O)N2CC[C@H](Oc3ccncn3)C2)cc1OC. The number of rotatable bonds is 6. The van der Waals surface area contributed by atoms with Gasteiger partial charge in [0.15, 0.2) is 11.5 Å². The number of amides is 1. The average molecular weight is 343 g/mol. The van der Waals surface area contributed by atoms with Gasteiger partial charge in [-0.05, 0) is 17.7 Å². The molecule has 132 valence electrons. The molecule has 1 amide bonds. The van der Waals surface area contributed by atoms with Crippen LogP contribution in [-0.2, 0) is 11.2 Å². The smallest absolute Gasteiger partial charge is 0.227 e. The second kappa shape index (κ2) is 7.83. The van der Waals surface area contributed by atoms with E-state index in [0.29, 0.717) is 36.9 Å². The molecular weight excluding hydrogens is 322 g/mol. The monoisotopic (exact) mass is 343 g/mol. The van der Waals surface area contributed by atoms with Gasteiger partial charge in [-0.3, -0.25) is 4.79 Å². The third kappa shape index (κ3) is 4.17. The zero-order valence-electron chi connectivity index (χ0n) is 14.3. The molecule has 2 heterocycles. The third-order valence-electron chi connectivity index (χ3n) is 4.14. The fourth-order valence-corrected chi connectivity index (χ4v) is 2.85. The molecule has 0 unspecified atom stereocenters. The molecule has 0 N–H and O–H groups in total. The molecular formula is C18H21N3O4. The number of carbonyl (C=O) groups excluding carboxylic acids is 1. The van der Waals surface area contributed by atoms with Gasteiger partial charge >= 0.3 is 0 Å². The van der Waals surface area contributed by atoms with E-state index in [9.17, 15) is 4.79 Å². The third-order valence-corrected chi connectivity index (χ3v) is 4.14. The van der Waals surface area contributed by atoms with Gasteiger partial charge in [0, 0.05) is 25.2 Å². The van der Waals surface area contributed by atoms with Crippen LogP contribution in [0.3, 0.4) is 0 Å². The Morgan fingerprint density at radius 1 is 1.24 bits per heavy atom. The summed E-state index contributed by atoms with van der Waals surface area (Å²) in [7, 11) is 3.17. The van der Waals surface area contributed by atoms with Crippen LogP contribution in [0.1, 0.15) is 12.0 Å². The van der Waals surface area contributed by atoms with E-state index < -0.39 is 0 Å². The summed E-state index contributed by atoms with van der Waals surface area (Å²) in [6.45, 7) is 1.25. The molecule has 1 aromatic carbocycles. The average Bonchev–Trinajstić information content (AvgIpc) is 3.11. The molecule has 0 bridgehead atoms. The first kappa shape index (κ1) is 17.0. The van der Waals surface area contributed by atoms with E-state index in [4.69, 9.17) is 14.2 Å². The maximum atomic E-state index is 12.5. The molecule has 0 aliphatic carbocycles. The normalized spacial score (nSPS) is 16.6. The fraction of sp³-hybridized carbons (Fsp3) is 0.389. The summed E-state index contributed by atoms with van der Waals surface area (Å²) in [5.41, 5.74) is 0.891. The first-order chi connectivity index (χ1) is 12.2. The topological polar surface area (TPSA) is 73.8 Å². The van der Waals surface area contributed by atoms with Crippen molar-refractivity contribution in [2.24, 2.45) is 0 Å². The van der Waals surface area contributed by atoms with Crippen LogP contribution in [0.2, 0.25) is 0 Å². The van der Waals surface area contributed by atoms with Gasteiger partial charge in [0.05, 0.1) is 27.2 Å². The predicted molar refractivity (Wildman–Crippen MR) is 90.9 cm³/mol. The highest BCUT2D eigenvalue weighted by Gasteiger charge is 2.28. The number of carbonyl (C=O) groups is 1. The van der Waals surface area contributed by atoms with E-state index in [1.165, 1.54) is 6.33 Å². The fourth-order valence-electron chi connectivity index (χ4n) is 2.85. The van der Waals surface area contributed by atoms with Crippen LogP contribution in [-0.4, -0.2) is 54.2 Å². The van der Waals surface area contributed by atoms with Crippen molar-refractivity contribution in [1.29, 1.82) is 0 Å². The quantitative estimate of drug-likeness (QED) is 0.795. The number of likely N-dealkylation sites (tertiary alicyclic amines) is 1. The molecule has 1 aliphatic rings. The maximum absolute atomic E-state index is 12.5. The summed E-state index contributed by atoms with van der Waals surface area (Å²) < 4.78 is 16.3. The molecule has 1 aliphatic heterocycles. The van der Waals surface area contributed by atoms with Crippen LogP contribution >= 0.6 is 0 Å². The van der Waals surface area contributed by atoms with Crippen molar-refractivity contribution in [1.82, 2.24) is 14.9 Å². The van der Waals surface area contributed by atoms with Gasteiger partial charge in [-0.25, -0.2) is 9.97 Å². The first-order valence-corrected chi connectivity index (χ1v) is 8.11. The summed E-state index contributed by atoms with van der Waals surface area (Å²) in [6.07, 6.45) is 4.16. The van der Waals surface area contributed by atoms with Crippen molar-refractivity contribution in [3.63, 3.8) is 0 Å². The van der Waals surface area contributed by atoms with Gasteiger partial charge in [-0.2, -0.15) is 0 Å². The lowest BCUT2D eigenvalue weighted by Crippen LogP contribution is -2.32. The summed E-state index contributed by atoms with van der Waals surface area (Å²) in [5.74, 6) is 1.88. The Hall–Kier alpha value is -2.83. The van der Waals surface area contributed by atoms with E-state index >= 15 is 0 Å². The van der Waals surface area contributed by atoms with Crippen molar-refractivity contribution >= 4 is 5.91 Å². The van der Waals surface area contributed by atoms with Gasteiger partial charge < -0.3 is 19.1 Å². The Labute approximate surface area is 146 Å². The van der Waals surface area contributed by atoms with Gasteiger partial charge in [0.2, 0.25) is 11.8 Å². The van der Waals surface area contributed by atoms with Crippen LogP contribution in [0.5, 0.6) is 17.4 Å². The molecule has 25 heavy (non-hydrogen) atoms. The van der Waals surface area contributed by atoms with Gasteiger partial charge in [-0.15, -0.1) is 0 Å². The van der Waals surface area contributed by atoms with Crippen LogP contribution in [0.25, 0.3) is 0 Å². The molecule has 1 fully saturated rings. The number of ether oxygens (including phenoxy) is 3. The van der Waals surface area contributed by atoms with Crippen molar-refractivity contribution in [2.75, 3.05) is 27.3 Å². The molecule has 1 aromatic heterocycles. The zero-order valence-corrected chi connectivity index (χ0v) is 14.3. The number of hydrogen-bond acceptors (Lipinski definition) is 6. The van der Waals surface area contributed by atoms with Crippen LogP contribution in [0, 0.1) is 0 Å². The first-order valence-electron chi connectivity index (χ1n) is 8.11. The number of aromatic nitrogens is 2. The summed E-state index contributed by atoms with van der Waals surface area (Å²) >= 11 is 0. The van der Waals surface area contributed by atoms with Gasteiger partial charge in [0.1, 0.15) is 12.4 Å². The van der Waals surface area contributed by atoms with E-state index in [0.717, 1.165) is 12.0 Å². The standard InChI is InChI=1S/C18H21N3O4/c1-23-15-4-3-13(9-16(15)24-2)10-18(22)21-8-6-14(11-21)25-17-5-7-19-12-20-17/h3-5,7,9,12,14H,6,8,10-11H2,1-2H3/t14-/m0/s1. The van der Waals surface area contributed by atoms with Crippen molar-refractivity contribution < 1.29 is 19.0 Å². The molecule has 0 spiro atoms. The Morgan fingerprint density at radius 2 is 2.08 bits per heavy atom. The highest BCUT2D eigenvalue weighted by molar-refractivity contribution is 5.79. The number of hydrogen-bond donors (Lipinski definition) is 0. The van der Waals surface area contributed by atoms with Gasteiger partial charge in [0.25, 0.3) is 0 Å². The Morgan fingerprint density at radius 3 is 2.80 bits per heavy atom. The molecule has 0 saturated carbocycles. The Bertz CT molecular complexity index is 724. The maximum Gasteiger partial charge on any atom is 0.227 e. The lowest BCUT2D eigenvalue weighted by molar-refractivity contribution is -0.129. The number of methoxy groups -OCH3 is 2. The molecule has 2 aromatic rings. The largest absolute Gasteiger partial charge is 0.493 e. The van der Waals surface area contributed by atoms with Crippen LogP contribution in [0.4, 0.5) is 0 Å². The van der Waals surface area contributed by atoms with Crippen molar-refractivity contribution in [3.8, 4) is 17.4 Å². The lowest BCUT2D eigenvalue weighted by atomic mass is 10.1. The number of benzene rings is 1. The molecule has 1 saturated heterocycles. The predicted octanol–water partition coefficient (Wildman–Crippen LogP) is 1.72. The van der Waals surface area contributed by atoms with Crippen LogP contribution in [0.15, 0.2) is 36.8 Å².